The SMILES string of the molecule is Cc1nc2cc(N(C)C(C)(C)CCO)ccc2n1C. The highest BCUT2D eigenvalue weighted by Gasteiger charge is 2.23. The van der Waals surface area contributed by atoms with E-state index in [2.05, 4.69) is 53.5 Å². The van der Waals surface area contributed by atoms with Crippen molar-refractivity contribution in [2.75, 3.05) is 18.6 Å². The first-order valence-electron chi connectivity index (χ1n) is 6.64. The molecule has 1 N–H and O–H groups in total. The van der Waals surface area contributed by atoms with Gasteiger partial charge in [0, 0.05) is 31.9 Å². The molecule has 4 heteroatoms. The summed E-state index contributed by atoms with van der Waals surface area (Å²) in [4.78, 5) is 6.77. The maximum atomic E-state index is 9.17. The maximum absolute atomic E-state index is 9.17. The zero-order valence-corrected chi connectivity index (χ0v) is 12.4. The third-order valence-corrected chi connectivity index (χ3v) is 4.11. The number of aliphatic hydroxyl groups is 1. The second-order valence-electron chi connectivity index (χ2n) is 5.74. The van der Waals surface area contributed by atoms with Crippen LogP contribution < -0.4 is 4.90 Å². The molecule has 0 fully saturated rings. The normalized spacial score (nSPS) is 12.1. The van der Waals surface area contributed by atoms with Crippen molar-refractivity contribution < 1.29 is 5.11 Å². The third-order valence-electron chi connectivity index (χ3n) is 4.11. The standard InChI is InChI=1S/C15H23N3O/c1-11-16-13-10-12(6-7-14(13)17(11)4)18(5)15(2,3)8-9-19/h6-7,10,19H,8-9H2,1-5H3. The van der Waals surface area contributed by atoms with Crippen LogP contribution in [0.1, 0.15) is 26.1 Å². The summed E-state index contributed by atoms with van der Waals surface area (Å²) in [6.45, 7) is 6.48. The highest BCUT2D eigenvalue weighted by Crippen LogP contribution is 2.27. The van der Waals surface area contributed by atoms with Crippen LogP contribution in [0.25, 0.3) is 11.0 Å². The second-order valence-corrected chi connectivity index (χ2v) is 5.74. The number of anilines is 1. The Morgan fingerprint density at radius 1 is 1.37 bits per heavy atom. The minimum atomic E-state index is -0.0771. The van der Waals surface area contributed by atoms with Crippen LogP contribution in [-0.2, 0) is 7.05 Å². The Labute approximate surface area is 114 Å². The molecule has 0 radical (unpaired) electrons. The van der Waals surface area contributed by atoms with Gasteiger partial charge in [0.15, 0.2) is 0 Å². The van der Waals surface area contributed by atoms with E-state index in [9.17, 15) is 0 Å². The monoisotopic (exact) mass is 261 g/mol. The summed E-state index contributed by atoms with van der Waals surface area (Å²) in [6.07, 6.45) is 0.739. The molecule has 1 heterocycles. The van der Waals surface area contributed by atoms with Crippen LogP contribution in [-0.4, -0.2) is 33.9 Å². The number of hydrogen-bond acceptors (Lipinski definition) is 3. The molecule has 1 aromatic carbocycles. The molecule has 0 atom stereocenters. The van der Waals surface area contributed by atoms with Crippen molar-refractivity contribution in [2.45, 2.75) is 32.7 Å². The van der Waals surface area contributed by atoms with Crippen LogP contribution in [0.4, 0.5) is 5.69 Å². The number of nitrogens with zero attached hydrogens (tertiary/aromatic N) is 3. The fourth-order valence-corrected chi connectivity index (χ4v) is 2.31. The molecule has 0 saturated carbocycles. The minimum absolute atomic E-state index is 0.0771. The maximum Gasteiger partial charge on any atom is 0.106 e. The summed E-state index contributed by atoms with van der Waals surface area (Å²) in [5.74, 6) is 1.02. The number of hydrogen-bond donors (Lipinski definition) is 1. The van der Waals surface area contributed by atoms with E-state index >= 15 is 0 Å². The lowest BCUT2D eigenvalue weighted by Gasteiger charge is -2.37. The van der Waals surface area contributed by atoms with E-state index in [0.29, 0.717) is 0 Å². The molecule has 2 aromatic rings. The summed E-state index contributed by atoms with van der Waals surface area (Å²) < 4.78 is 2.10. The molecule has 4 nitrogen and oxygen atoms in total. The van der Waals surface area contributed by atoms with Crippen molar-refractivity contribution in [2.24, 2.45) is 7.05 Å². The number of benzene rings is 1. The molecule has 0 unspecified atom stereocenters. The molecule has 0 saturated heterocycles. The van der Waals surface area contributed by atoms with Crippen LogP contribution >= 0.6 is 0 Å². The van der Waals surface area contributed by atoms with Gasteiger partial charge in [0.05, 0.1) is 11.0 Å². The van der Waals surface area contributed by atoms with Gasteiger partial charge in [-0.25, -0.2) is 4.98 Å². The number of imidazole rings is 1. The first kappa shape index (κ1) is 13.9. The minimum Gasteiger partial charge on any atom is -0.396 e. The predicted octanol–water partition coefficient (Wildman–Crippen LogP) is 2.48. The average molecular weight is 261 g/mol. The highest BCUT2D eigenvalue weighted by atomic mass is 16.3. The number of aliphatic hydroxyl groups excluding tert-OH is 1. The molecule has 0 aliphatic carbocycles. The van der Waals surface area contributed by atoms with Gasteiger partial charge in [0.25, 0.3) is 0 Å². The van der Waals surface area contributed by atoms with Gasteiger partial charge in [0.2, 0.25) is 0 Å². The molecule has 1 aromatic heterocycles. The first-order chi connectivity index (χ1) is 8.86. The summed E-state index contributed by atoms with van der Waals surface area (Å²) >= 11 is 0. The Morgan fingerprint density at radius 2 is 2.05 bits per heavy atom. The van der Waals surface area contributed by atoms with Crippen molar-refractivity contribution in [3.05, 3.63) is 24.0 Å². The second kappa shape index (κ2) is 4.85. The number of fused-ring (bicyclic) bond motifs is 1. The molecule has 104 valence electrons. The van der Waals surface area contributed by atoms with Gasteiger partial charge in [-0.15, -0.1) is 0 Å². The zero-order valence-electron chi connectivity index (χ0n) is 12.4. The van der Waals surface area contributed by atoms with Gasteiger partial charge in [-0.1, -0.05) is 0 Å². The quantitative estimate of drug-likeness (QED) is 0.919. The molecular weight excluding hydrogens is 238 g/mol. The van der Waals surface area contributed by atoms with E-state index in [1.165, 1.54) is 0 Å². The van der Waals surface area contributed by atoms with Gasteiger partial charge >= 0.3 is 0 Å². The Morgan fingerprint density at radius 3 is 2.68 bits per heavy atom. The van der Waals surface area contributed by atoms with Crippen molar-refractivity contribution >= 4 is 16.7 Å². The lowest BCUT2D eigenvalue weighted by Crippen LogP contribution is -2.41. The van der Waals surface area contributed by atoms with Gasteiger partial charge in [-0.05, 0) is 45.4 Å². The first-order valence-corrected chi connectivity index (χ1v) is 6.64. The molecule has 0 aliphatic rings. The van der Waals surface area contributed by atoms with Crippen LogP contribution in [0.5, 0.6) is 0 Å². The largest absolute Gasteiger partial charge is 0.396 e. The molecular formula is C15H23N3O. The average Bonchev–Trinajstić information content (AvgIpc) is 2.63. The fraction of sp³-hybridized carbons (Fsp3) is 0.533. The molecule has 0 spiro atoms. The molecule has 2 rings (SSSR count). The summed E-state index contributed by atoms with van der Waals surface area (Å²) in [5, 5.41) is 9.17. The van der Waals surface area contributed by atoms with Crippen LogP contribution in [0.2, 0.25) is 0 Å². The molecule has 0 aliphatic heterocycles. The lowest BCUT2D eigenvalue weighted by molar-refractivity contribution is 0.250. The van der Waals surface area contributed by atoms with Crippen LogP contribution in [0, 0.1) is 6.92 Å². The highest BCUT2D eigenvalue weighted by molar-refractivity contribution is 5.80. The van der Waals surface area contributed by atoms with Gasteiger partial charge in [0.1, 0.15) is 5.82 Å². The lowest BCUT2D eigenvalue weighted by atomic mass is 9.98. The topological polar surface area (TPSA) is 41.3 Å². The van der Waals surface area contributed by atoms with Crippen molar-refractivity contribution in [3.8, 4) is 0 Å². The van der Waals surface area contributed by atoms with Crippen molar-refractivity contribution in [1.29, 1.82) is 0 Å². The van der Waals surface area contributed by atoms with Crippen molar-refractivity contribution in [1.82, 2.24) is 9.55 Å². The van der Waals surface area contributed by atoms with E-state index in [1.54, 1.807) is 0 Å². The van der Waals surface area contributed by atoms with Gasteiger partial charge in [-0.3, -0.25) is 0 Å². The van der Waals surface area contributed by atoms with Crippen LogP contribution in [0.3, 0.4) is 0 Å². The van der Waals surface area contributed by atoms with E-state index in [1.807, 2.05) is 14.0 Å². The van der Waals surface area contributed by atoms with Gasteiger partial charge < -0.3 is 14.6 Å². The number of aromatic nitrogens is 2. The van der Waals surface area contributed by atoms with Crippen molar-refractivity contribution in [3.63, 3.8) is 0 Å². The fourth-order valence-electron chi connectivity index (χ4n) is 2.31. The van der Waals surface area contributed by atoms with E-state index < -0.39 is 0 Å². The van der Waals surface area contributed by atoms with E-state index in [0.717, 1.165) is 29.0 Å². The molecule has 0 amide bonds. The zero-order chi connectivity index (χ0) is 14.2. The number of rotatable bonds is 4. The molecule has 0 bridgehead atoms. The van der Waals surface area contributed by atoms with E-state index in [-0.39, 0.29) is 12.1 Å². The third kappa shape index (κ3) is 2.45. The Balaban J connectivity index is 2.41. The predicted molar refractivity (Wildman–Crippen MR) is 79.6 cm³/mol. The number of aryl methyl sites for hydroxylation is 2. The van der Waals surface area contributed by atoms with Crippen LogP contribution in [0.15, 0.2) is 18.2 Å². The summed E-state index contributed by atoms with van der Waals surface area (Å²) in [7, 11) is 4.09. The molecule has 19 heavy (non-hydrogen) atoms. The van der Waals surface area contributed by atoms with Gasteiger partial charge in [-0.2, -0.15) is 0 Å². The Bertz CT molecular complexity index is 586. The Hall–Kier alpha value is -1.55. The smallest absolute Gasteiger partial charge is 0.106 e. The summed E-state index contributed by atoms with van der Waals surface area (Å²) in [6, 6.07) is 6.33. The Kier molecular flexibility index (Phi) is 3.54. The summed E-state index contributed by atoms with van der Waals surface area (Å²) in [5.41, 5.74) is 3.22. The van der Waals surface area contributed by atoms with E-state index in [4.69, 9.17) is 5.11 Å².